The van der Waals surface area contributed by atoms with Crippen LogP contribution in [0.3, 0.4) is 0 Å². The molecule has 8 heteroatoms. The van der Waals surface area contributed by atoms with Gasteiger partial charge < -0.3 is 24.1 Å². The number of ether oxygens (including phenoxy) is 4. The van der Waals surface area contributed by atoms with E-state index in [0.29, 0.717) is 6.42 Å². The standard InChI is InChI=1S/C22H30O8/c1-10-12-9-15(24)30-14-8-11-7-13(23)22(28-5,29-6)19(26)20(11,2)18(21(12,14)3)16(25)17(10)27-4/h11-14,18,23H,7-9H2,1-6H3/t11-,12+,13+,14-,18-,20+,21-/m1/s1. The molecule has 2 saturated carbocycles. The van der Waals surface area contributed by atoms with Crippen molar-refractivity contribution < 1.29 is 38.4 Å². The van der Waals surface area contributed by atoms with Gasteiger partial charge in [0.1, 0.15) is 12.2 Å². The van der Waals surface area contributed by atoms with Crippen molar-refractivity contribution in [2.75, 3.05) is 21.3 Å². The van der Waals surface area contributed by atoms with Crippen LogP contribution in [0.4, 0.5) is 0 Å². The Bertz CT molecular complexity index is 842. The van der Waals surface area contributed by atoms with Crippen molar-refractivity contribution in [3.8, 4) is 0 Å². The molecule has 4 aliphatic rings. The molecule has 0 radical (unpaired) electrons. The van der Waals surface area contributed by atoms with E-state index in [1.54, 1.807) is 6.92 Å². The number of allylic oxidation sites excluding steroid dienone is 2. The van der Waals surface area contributed by atoms with Crippen LogP contribution < -0.4 is 0 Å². The highest BCUT2D eigenvalue weighted by Crippen LogP contribution is 2.67. The largest absolute Gasteiger partial charge is 0.493 e. The Morgan fingerprint density at radius 2 is 1.70 bits per heavy atom. The molecule has 7 atom stereocenters. The van der Waals surface area contributed by atoms with Gasteiger partial charge in [-0.2, -0.15) is 0 Å². The van der Waals surface area contributed by atoms with Crippen LogP contribution in [0, 0.1) is 28.6 Å². The first-order valence-corrected chi connectivity index (χ1v) is 10.4. The van der Waals surface area contributed by atoms with Gasteiger partial charge in [-0.25, -0.2) is 0 Å². The molecule has 1 heterocycles. The van der Waals surface area contributed by atoms with E-state index in [-0.39, 0.29) is 42.2 Å². The summed E-state index contributed by atoms with van der Waals surface area (Å²) in [5, 5.41) is 10.8. The van der Waals surface area contributed by atoms with Crippen molar-refractivity contribution in [2.45, 2.75) is 58.0 Å². The number of aliphatic hydroxyl groups is 1. The fourth-order valence-corrected chi connectivity index (χ4v) is 7.09. The number of aliphatic hydroxyl groups excluding tert-OH is 1. The number of carbonyl (C=O) groups is 3. The number of ketones is 2. The summed E-state index contributed by atoms with van der Waals surface area (Å²) in [5.74, 6) is -4.14. The number of esters is 1. The van der Waals surface area contributed by atoms with Gasteiger partial charge in [0, 0.05) is 36.9 Å². The van der Waals surface area contributed by atoms with E-state index in [1.165, 1.54) is 21.3 Å². The Labute approximate surface area is 175 Å². The second-order valence-corrected chi connectivity index (χ2v) is 9.49. The Morgan fingerprint density at radius 3 is 2.27 bits per heavy atom. The monoisotopic (exact) mass is 422 g/mol. The van der Waals surface area contributed by atoms with E-state index in [0.717, 1.165) is 5.57 Å². The zero-order valence-corrected chi connectivity index (χ0v) is 18.3. The van der Waals surface area contributed by atoms with Crippen molar-refractivity contribution in [1.29, 1.82) is 0 Å². The lowest BCUT2D eigenvalue weighted by Gasteiger charge is -2.65. The summed E-state index contributed by atoms with van der Waals surface area (Å²) in [7, 11) is 4.07. The number of fused-ring (bicyclic) bond motifs is 2. The van der Waals surface area contributed by atoms with Gasteiger partial charge in [0.25, 0.3) is 5.79 Å². The quantitative estimate of drug-likeness (QED) is 0.537. The summed E-state index contributed by atoms with van der Waals surface area (Å²) in [5.41, 5.74) is -1.23. The SMILES string of the molecule is COC1=C(C)[C@@H]2CC(=O)O[C@@H]3C[C@H]4C[C@H](O)C(OC)(OC)C(=O)[C@]4(C)[C@@H](C1=O)[C@@]32C. The smallest absolute Gasteiger partial charge is 0.306 e. The maximum absolute atomic E-state index is 14.0. The molecule has 3 aliphatic carbocycles. The van der Waals surface area contributed by atoms with Crippen molar-refractivity contribution >= 4 is 17.5 Å². The van der Waals surface area contributed by atoms with Gasteiger partial charge in [-0.3, -0.25) is 14.4 Å². The number of rotatable bonds is 3. The van der Waals surface area contributed by atoms with E-state index in [1.807, 2.05) is 13.8 Å². The van der Waals surface area contributed by atoms with Gasteiger partial charge in [-0.1, -0.05) is 13.8 Å². The lowest BCUT2D eigenvalue weighted by Crippen LogP contribution is -2.74. The predicted octanol–water partition coefficient (Wildman–Crippen LogP) is 1.39. The first-order chi connectivity index (χ1) is 14.0. The number of carbonyl (C=O) groups excluding carboxylic acids is 3. The first kappa shape index (κ1) is 21.5. The van der Waals surface area contributed by atoms with Crippen LogP contribution in [0.5, 0.6) is 0 Å². The van der Waals surface area contributed by atoms with Crippen molar-refractivity contribution in [1.82, 2.24) is 0 Å². The summed E-state index contributed by atoms with van der Waals surface area (Å²) in [6, 6.07) is 0. The van der Waals surface area contributed by atoms with Gasteiger partial charge in [0.2, 0.25) is 11.6 Å². The van der Waals surface area contributed by atoms with Gasteiger partial charge in [-0.15, -0.1) is 0 Å². The molecule has 0 spiro atoms. The molecule has 30 heavy (non-hydrogen) atoms. The summed E-state index contributed by atoms with van der Waals surface area (Å²) < 4.78 is 22.1. The molecular weight excluding hydrogens is 392 g/mol. The molecule has 166 valence electrons. The van der Waals surface area contributed by atoms with Crippen LogP contribution >= 0.6 is 0 Å². The second kappa shape index (κ2) is 6.61. The average Bonchev–Trinajstić information content (AvgIpc) is 2.69. The Morgan fingerprint density at radius 1 is 1.07 bits per heavy atom. The predicted molar refractivity (Wildman–Crippen MR) is 103 cm³/mol. The molecule has 0 aromatic carbocycles. The molecule has 0 amide bonds. The minimum Gasteiger partial charge on any atom is -0.493 e. The highest BCUT2D eigenvalue weighted by atomic mass is 16.7. The molecular formula is C22H30O8. The second-order valence-electron chi connectivity index (χ2n) is 9.49. The Hall–Kier alpha value is -1.77. The Balaban J connectivity index is 1.96. The summed E-state index contributed by atoms with van der Waals surface area (Å²) >= 11 is 0. The number of methoxy groups -OCH3 is 3. The molecule has 1 N–H and O–H groups in total. The zero-order chi connectivity index (χ0) is 22.2. The van der Waals surface area contributed by atoms with Crippen LogP contribution in [-0.2, 0) is 33.3 Å². The van der Waals surface area contributed by atoms with E-state index in [2.05, 4.69) is 0 Å². The van der Waals surface area contributed by atoms with E-state index in [4.69, 9.17) is 18.9 Å². The highest BCUT2D eigenvalue weighted by Gasteiger charge is 2.75. The van der Waals surface area contributed by atoms with E-state index < -0.39 is 40.5 Å². The maximum Gasteiger partial charge on any atom is 0.306 e. The van der Waals surface area contributed by atoms with Gasteiger partial charge in [0.05, 0.1) is 13.5 Å². The van der Waals surface area contributed by atoms with Crippen molar-refractivity contribution in [3.63, 3.8) is 0 Å². The molecule has 8 nitrogen and oxygen atoms in total. The minimum absolute atomic E-state index is 0.132. The number of hydrogen-bond acceptors (Lipinski definition) is 8. The average molecular weight is 422 g/mol. The summed E-state index contributed by atoms with van der Waals surface area (Å²) in [4.78, 5) is 40.1. The molecule has 0 bridgehead atoms. The van der Waals surface area contributed by atoms with Crippen LogP contribution in [0.25, 0.3) is 0 Å². The number of Topliss-reactive ketones (excluding diaryl/α,β-unsaturated/α-hetero) is 2. The Kier molecular flexibility index (Phi) is 4.73. The third kappa shape index (κ3) is 2.25. The molecule has 1 aliphatic heterocycles. The molecule has 3 fully saturated rings. The van der Waals surface area contributed by atoms with E-state index >= 15 is 0 Å². The van der Waals surface area contributed by atoms with Crippen molar-refractivity contribution in [2.24, 2.45) is 28.6 Å². The highest BCUT2D eigenvalue weighted by molar-refractivity contribution is 6.05. The number of hydrogen-bond donors (Lipinski definition) is 1. The van der Waals surface area contributed by atoms with Gasteiger partial charge in [0.15, 0.2) is 5.76 Å². The lowest BCUT2D eigenvalue weighted by atomic mass is 9.40. The van der Waals surface area contributed by atoms with E-state index in [9.17, 15) is 19.5 Å². The lowest BCUT2D eigenvalue weighted by molar-refractivity contribution is -0.286. The third-order valence-corrected chi connectivity index (χ3v) is 8.59. The van der Waals surface area contributed by atoms with Gasteiger partial charge in [-0.05, 0) is 31.3 Å². The van der Waals surface area contributed by atoms with Gasteiger partial charge >= 0.3 is 5.97 Å². The third-order valence-electron chi connectivity index (χ3n) is 8.59. The molecule has 4 rings (SSSR count). The minimum atomic E-state index is -1.85. The fraction of sp³-hybridized carbons (Fsp3) is 0.773. The molecule has 1 saturated heterocycles. The van der Waals surface area contributed by atoms with Crippen LogP contribution in [0.1, 0.15) is 40.0 Å². The fourth-order valence-electron chi connectivity index (χ4n) is 7.09. The summed E-state index contributed by atoms with van der Waals surface area (Å²) in [6.45, 7) is 5.52. The molecule has 0 unspecified atom stereocenters. The molecule has 0 aromatic heterocycles. The maximum atomic E-state index is 14.0. The van der Waals surface area contributed by atoms with Crippen LogP contribution in [-0.4, -0.2) is 62.0 Å². The molecule has 0 aromatic rings. The zero-order valence-electron chi connectivity index (χ0n) is 18.3. The topological polar surface area (TPSA) is 108 Å². The van der Waals surface area contributed by atoms with Crippen molar-refractivity contribution in [3.05, 3.63) is 11.3 Å². The van der Waals surface area contributed by atoms with Crippen LogP contribution in [0.15, 0.2) is 11.3 Å². The normalized spacial score (nSPS) is 44.9. The van der Waals surface area contributed by atoms with Crippen LogP contribution in [0.2, 0.25) is 0 Å². The first-order valence-electron chi connectivity index (χ1n) is 10.4. The summed E-state index contributed by atoms with van der Waals surface area (Å²) in [6.07, 6.45) is -1.02.